The molecule has 2 atom stereocenters. The summed E-state index contributed by atoms with van der Waals surface area (Å²) >= 11 is 0. The Morgan fingerprint density at radius 2 is 2.05 bits per heavy atom. The van der Waals surface area contributed by atoms with Crippen LogP contribution in [-0.4, -0.2) is 48.5 Å². The van der Waals surface area contributed by atoms with Crippen LogP contribution in [0.1, 0.15) is 5.56 Å². The van der Waals surface area contributed by atoms with Crippen molar-refractivity contribution < 1.29 is 19.7 Å². The van der Waals surface area contributed by atoms with Gasteiger partial charge in [-0.15, -0.1) is 0 Å². The van der Waals surface area contributed by atoms with E-state index >= 15 is 0 Å². The van der Waals surface area contributed by atoms with Gasteiger partial charge in [-0.1, -0.05) is 12.1 Å². The van der Waals surface area contributed by atoms with Gasteiger partial charge >= 0.3 is 0 Å². The number of benzene rings is 1. The first-order valence-corrected chi connectivity index (χ1v) is 6.00. The number of phenols is 1. The largest absolute Gasteiger partial charge is 0.508 e. The van der Waals surface area contributed by atoms with Gasteiger partial charge in [0.15, 0.2) is 0 Å². The van der Waals surface area contributed by atoms with Gasteiger partial charge in [0, 0.05) is 7.11 Å². The maximum Gasteiger partial charge on any atom is 0.237 e. The molecule has 106 valence electrons. The van der Waals surface area contributed by atoms with Crippen molar-refractivity contribution in [1.29, 1.82) is 0 Å². The zero-order valence-corrected chi connectivity index (χ0v) is 10.9. The molecule has 0 bridgehead atoms. The number of hydrogen-bond donors (Lipinski definition) is 4. The van der Waals surface area contributed by atoms with Crippen molar-refractivity contribution in [2.24, 2.45) is 5.73 Å². The quantitative estimate of drug-likeness (QED) is 0.528. The fraction of sp³-hybridized carbons (Fsp3) is 0.462. The van der Waals surface area contributed by atoms with Crippen LogP contribution in [0.15, 0.2) is 24.3 Å². The smallest absolute Gasteiger partial charge is 0.237 e. The Balaban J connectivity index is 2.50. The molecule has 1 aromatic carbocycles. The minimum atomic E-state index is -0.713. The molecule has 0 aliphatic rings. The second kappa shape index (κ2) is 7.73. The molecule has 0 fully saturated rings. The third-order valence-electron chi connectivity index (χ3n) is 2.66. The molecule has 1 amide bonds. The first kappa shape index (κ1) is 15.4. The maximum atomic E-state index is 11.8. The number of carbonyl (C=O) groups excluding carboxylic acids is 1. The third-order valence-corrected chi connectivity index (χ3v) is 2.66. The molecular weight excluding hydrogens is 248 g/mol. The summed E-state index contributed by atoms with van der Waals surface area (Å²) in [5, 5.41) is 20.8. The fourth-order valence-corrected chi connectivity index (χ4v) is 1.63. The number of ether oxygens (including phenoxy) is 1. The zero-order valence-electron chi connectivity index (χ0n) is 10.9. The molecular formula is C13H20N2O4. The van der Waals surface area contributed by atoms with Crippen LogP contribution in [0.2, 0.25) is 0 Å². The summed E-state index contributed by atoms with van der Waals surface area (Å²) in [6.45, 7) is 0.0275. The standard InChI is InChI=1S/C13H20N2O4/c1-19-8-10(7-16)15-13(18)12(14)6-9-2-4-11(17)5-3-9/h2-5,10,12,16-17H,6-8,14H2,1H3,(H,15,18)/t10?,12-/m0/s1. The second-order valence-electron chi connectivity index (χ2n) is 4.32. The number of methoxy groups -OCH3 is 1. The second-order valence-corrected chi connectivity index (χ2v) is 4.32. The van der Waals surface area contributed by atoms with Crippen molar-refractivity contribution in [3.63, 3.8) is 0 Å². The first-order valence-electron chi connectivity index (χ1n) is 6.00. The molecule has 0 radical (unpaired) electrons. The lowest BCUT2D eigenvalue weighted by atomic mass is 10.1. The number of nitrogens with two attached hydrogens (primary N) is 1. The Hall–Kier alpha value is -1.63. The Labute approximate surface area is 112 Å². The molecule has 0 saturated carbocycles. The topological polar surface area (TPSA) is 105 Å². The summed E-state index contributed by atoms with van der Waals surface area (Å²) < 4.78 is 4.86. The summed E-state index contributed by atoms with van der Waals surface area (Å²) in [7, 11) is 1.49. The number of amides is 1. The molecule has 0 spiro atoms. The van der Waals surface area contributed by atoms with Crippen LogP contribution in [0.5, 0.6) is 5.75 Å². The van der Waals surface area contributed by atoms with E-state index in [0.717, 1.165) is 5.56 Å². The van der Waals surface area contributed by atoms with E-state index in [2.05, 4.69) is 5.32 Å². The van der Waals surface area contributed by atoms with Crippen LogP contribution in [0.3, 0.4) is 0 Å². The number of phenolic OH excluding ortho intramolecular Hbond substituents is 1. The van der Waals surface area contributed by atoms with E-state index in [-0.39, 0.29) is 24.9 Å². The lowest BCUT2D eigenvalue weighted by Gasteiger charge is -2.18. The monoisotopic (exact) mass is 268 g/mol. The molecule has 0 aliphatic heterocycles. The number of aliphatic hydroxyl groups excluding tert-OH is 1. The normalized spacial score (nSPS) is 13.8. The van der Waals surface area contributed by atoms with Crippen molar-refractivity contribution >= 4 is 5.91 Å². The fourth-order valence-electron chi connectivity index (χ4n) is 1.63. The summed E-state index contributed by atoms with van der Waals surface area (Å²) in [6.07, 6.45) is 0.358. The van der Waals surface area contributed by atoms with Gasteiger partial charge in [-0.3, -0.25) is 4.79 Å². The van der Waals surface area contributed by atoms with Crippen LogP contribution < -0.4 is 11.1 Å². The predicted molar refractivity (Wildman–Crippen MR) is 70.7 cm³/mol. The van der Waals surface area contributed by atoms with Gasteiger partial charge in [0.05, 0.1) is 25.3 Å². The molecule has 0 aliphatic carbocycles. The van der Waals surface area contributed by atoms with Gasteiger partial charge in [0.2, 0.25) is 5.91 Å². The minimum absolute atomic E-state index is 0.169. The van der Waals surface area contributed by atoms with Crippen molar-refractivity contribution in [1.82, 2.24) is 5.32 Å². The summed E-state index contributed by atoms with van der Waals surface area (Å²) in [4.78, 5) is 11.8. The van der Waals surface area contributed by atoms with E-state index in [1.54, 1.807) is 24.3 Å². The van der Waals surface area contributed by atoms with Crippen LogP contribution in [-0.2, 0) is 16.0 Å². The van der Waals surface area contributed by atoms with Crippen LogP contribution in [0.25, 0.3) is 0 Å². The molecule has 19 heavy (non-hydrogen) atoms. The molecule has 6 heteroatoms. The number of nitrogens with one attached hydrogen (secondary N) is 1. The highest BCUT2D eigenvalue weighted by Crippen LogP contribution is 2.10. The molecule has 1 unspecified atom stereocenters. The maximum absolute atomic E-state index is 11.8. The van der Waals surface area contributed by atoms with Gasteiger partial charge in [0.1, 0.15) is 5.75 Å². The summed E-state index contributed by atoms with van der Waals surface area (Å²) in [5.41, 5.74) is 6.64. The van der Waals surface area contributed by atoms with Crippen LogP contribution in [0.4, 0.5) is 0 Å². The Morgan fingerprint density at radius 3 is 2.58 bits per heavy atom. The van der Waals surface area contributed by atoms with Gasteiger partial charge in [-0.25, -0.2) is 0 Å². The van der Waals surface area contributed by atoms with Crippen LogP contribution >= 0.6 is 0 Å². The third kappa shape index (κ3) is 5.25. The van der Waals surface area contributed by atoms with E-state index in [1.165, 1.54) is 7.11 Å². The van der Waals surface area contributed by atoms with Gasteiger partial charge in [-0.05, 0) is 24.1 Å². The van der Waals surface area contributed by atoms with E-state index in [9.17, 15) is 4.79 Å². The first-order chi connectivity index (χ1) is 9.06. The number of carbonyl (C=O) groups is 1. The molecule has 6 nitrogen and oxygen atoms in total. The molecule has 5 N–H and O–H groups in total. The Kier molecular flexibility index (Phi) is 6.27. The van der Waals surface area contributed by atoms with Gasteiger partial charge < -0.3 is 26.0 Å². The zero-order chi connectivity index (χ0) is 14.3. The lowest BCUT2D eigenvalue weighted by molar-refractivity contribution is -0.123. The average molecular weight is 268 g/mol. The molecule has 1 rings (SSSR count). The van der Waals surface area contributed by atoms with Crippen molar-refractivity contribution in [3.8, 4) is 5.75 Å². The number of hydrogen-bond acceptors (Lipinski definition) is 5. The number of rotatable bonds is 7. The number of aromatic hydroxyl groups is 1. The highest BCUT2D eigenvalue weighted by Gasteiger charge is 2.18. The van der Waals surface area contributed by atoms with Crippen LogP contribution in [0, 0.1) is 0 Å². The molecule has 1 aromatic rings. The highest BCUT2D eigenvalue weighted by atomic mass is 16.5. The Morgan fingerprint density at radius 1 is 1.42 bits per heavy atom. The average Bonchev–Trinajstić information content (AvgIpc) is 2.40. The van der Waals surface area contributed by atoms with Crippen molar-refractivity contribution in [2.75, 3.05) is 20.3 Å². The van der Waals surface area contributed by atoms with Gasteiger partial charge in [0.25, 0.3) is 0 Å². The van der Waals surface area contributed by atoms with Gasteiger partial charge in [-0.2, -0.15) is 0 Å². The van der Waals surface area contributed by atoms with E-state index < -0.39 is 12.1 Å². The minimum Gasteiger partial charge on any atom is -0.508 e. The summed E-state index contributed by atoms with van der Waals surface area (Å²) in [5.74, 6) is -0.175. The van der Waals surface area contributed by atoms with Crippen molar-refractivity contribution in [2.45, 2.75) is 18.5 Å². The lowest BCUT2D eigenvalue weighted by Crippen LogP contribution is -2.49. The van der Waals surface area contributed by atoms with Crippen molar-refractivity contribution in [3.05, 3.63) is 29.8 Å². The van der Waals surface area contributed by atoms with E-state index in [4.69, 9.17) is 20.7 Å². The molecule has 0 heterocycles. The predicted octanol–water partition coefficient (Wildman–Crippen LogP) is -0.614. The molecule has 0 aromatic heterocycles. The Bertz CT molecular complexity index is 394. The molecule has 0 saturated heterocycles. The SMILES string of the molecule is COCC(CO)NC(=O)[C@@H](N)Cc1ccc(O)cc1. The van der Waals surface area contributed by atoms with E-state index in [0.29, 0.717) is 6.42 Å². The summed E-state index contributed by atoms with van der Waals surface area (Å²) in [6, 6.07) is 5.34. The number of aliphatic hydroxyl groups is 1. The highest BCUT2D eigenvalue weighted by molar-refractivity contribution is 5.82. The van der Waals surface area contributed by atoms with E-state index in [1.807, 2.05) is 0 Å².